The van der Waals surface area contributed by atoms with Crippen molar-refractivity contribution in [1.29, 1.82) is 0 Å². The highest BCUT2D eigenvalue weighted by molar-refractivity contribution is 4.90. The summed E-state index contributed by atoms with van der Waals surface area (Å²) in [6.07, 6.45) is 26.0. The Morgan fingerprint density at radius 3 is 1.65 bits per heavy atom. The first-order valence-electron chi connectivity index (χ1n) is 11.9. The smallest absolute Gasteiger partial charge is 0.248 e. The lowest BCUT2D eigenvalue weighted by Crippen LogP contribution is -2.39. The Balaban J connectivity index is 2.10. The van der Waals surface area contributed by atoms with Gasteiger partial charge < -0.3 is 0 Å². The van der Waals surface area contributed by atoms with Gasteiger partial charge in [-0.15, -0.1) is 0 Å². The quantitative estimate of drug-likeness (QED) is 0.206. The fourth-order valence-corrected chi connectivity index (χ4v) is 3.92. The molecule has 0 amide bonds. The van der Waals surface area contributed by atoms with Crippen molar-refractivity contribution in [3.05, 3.63) is 17.7 Å². The van der Waals surface area contributed by atoms with E-state index in [4.69, 9.17) is 0 Å². The number of unbranched alkanes of at least 4 members (excludes halogenated alkanes) is 14. The van der Waals surface area contributed by atoms with Crippen LogP contribution in [0.15, 0.2) is 6.20 Å². The van der Waals surface area contributed by atoms with E-state index in [1.165, 1.54) is 127 Å². The van der Waals surface area contributed by atoms with Gasteiger partial charge >= 0.3 is 0 Å². The Bertz CT molecular complexity index is 422. The molecule has 1 heterocycles. The molecule has 0 fully saturated rings. The molecule has 1 rings (SSSR count). The summed E-state index contributed by atoms with van der Waals surface area (Å²) in [7, 11) is 0. The molecule has 152 valence electrons. The van der Waals surface area contributed by atoms with Gasteiger partial charge in [-0.05, 0) is 19.3 Å². The third-order valence-electron chi connectivity index (χ3n) is 5.72. The van der Waals surface area contributed by atoms with Crippen molar-refractivity contribution in [2.75, 3.05) is 0 Å². The number of nitrogens with zero attached hydrogens (tertiary/aromatic N) is 1. The minimum absolute atomic E-state index is 1.21. The monoisotopic (exact) mass is 363 g/mol. The van der Waals surface area contributed by atoms with Crippen molar-refractivity contribution in [2.45, 2.75) is 136 Å². The third kappa shape index (κ3) is 11.0. The summed E-state index contributed by atoms with van der Waals surface area (Å²) < 4.78 is 2.54. The zero-order valence-electron chi connectivity index (χ0n) is 18.3. The molecule has 0 aliphatic rings. The summed E-state index contributed by atoms with van der Waals surface area (Å²) in [5.41, 5.74) is 1.52. The topological polar surface area (TPSA) is 19.7 Å². The summed E-state index contributed by atoms with van der Waals surface area (Å²) in [4.78, 5) is 3.45. The number of aromatic nitrogens is 2. The highest BCUT2D eigenvalue weighted by Gasteiger charge is 2.13. The molecule has 0 saturated heterocycles. The Morgan fingerprint density at radius 1 is 0.654 bits per heavy atom. The van der Waals surface area contributed by atoms with Crippen molar-refractivity contribution in [1.82, 2.24) is 4.98 Å². The van der Waals surface area contributed by atoms with Crippen molar-refractivity contribution in [3.63, 3.8) is 0 Å². The molecule has 0 aromatic carbocycles. The maximum atomic E-state index is 3.45. The number of hydrogen-bond donors (Lipinski definition) is 1. The summed E-state index contributed by atoms with van der Waals surface area (Å²) in [5.74, 6) is 1.34. The second-order valence-electron chi connectivity index (χ2n) is 8.22. The molecule has 1 aromatic rings. The van der Waals surface area contributed by atoms with Gasteiger partial charge in [-0.2, -0.15) is 0 Å². The average molecular weight is 364 g/mol. The van der Waals surface area contributed by atoms with Crippen LogP contribution in [0.2, 0.25) is 0 Å². The molecule has 0 radical (unpaired) electrons. The van der Waals surface area contributed by atoms with Gasteiger partial charge in [0.25, 0.3) is 5.82 Å². The molecule has 0 atom stereocenters. The van der Waals surface area contributed by atoms with E-state index in [9.17, 15) is 0 Å². The predicted molar refractivity (Wildman–Crippen MR) is 115 cm³/mol. The lowest BCUT2D eigenvalue weighted by molar-refractivity contribution is -0.708. The van der Waals surface area contributed by atoms with Gasteiger partial charge in [-0.3, -0.25) is 0 Å². The molecule has 0 saturated carbocycles. The molecule has 0 bridgehead atoms. The molecule has 26 heavy (non-hydrogen) atoms. The van der Waals surface area contributed by atoms with Crippen molar-refractivity contribution < 1.29 is 4.57 Å². The van der Waals surface area contributed by atoms with Crippen molar-refractivity contribution >= 4 is 0 Å². The van der Waals surface area contributed by atoms with Gasteiger partial charge in [0.05, 0.1) is 6.54 Å². The summed E-state index contributed by atoms with van der Waals surface area (Å²) in [6.45, 7) is 8.02. The highest BCUT2D eigenvalue weighted by atomic mass is 15.1. The Labute approximate surface area is 164 Å². The van der Waals surface area contributed by atoms with Crippen LogP contribution in [0.3, 0.4) is 0 Å². The van der Waals surface area contributed by atoms with Gasteiger partial charge in [-0.25, -0.2) is 9.55 Å². The molecule has 2 heteroatoms. The number of nitrogens with one attached hydrogen (secondary N) is 1. The average Bonchev–Trinajstić information content (AvgIpc) is 2.99. The second kappa shape index (κ2) is 16.4. The van der Waals surface area contributed by atoms with Crippen molar-refractivity contribution in [2.24, 2.45) is 0 Å². The van der Waals surface area contributed by atoms with Gasteiger partial charge in [0.1, 0.15) is 11.9 Å². The predicted octanol–water partition coefficient (Wildman–Crippen LogP) is 7.43. The number of aryl methyl sites for hydroxylation is 2. The first kappa shape index (κ1) is 23.2. The molecular formula is C24H47N2+. The minimum atomic E-state index is 1.21. The largest absolute Gasteiger partial charge is 0.251 e. The van der Waals surface area contributed by atoms with Gasteiger partial charge in [-0.1, -0.05) is 97.3 Å². The molecule has 0 unspecified atom stereocenters. The molecule has 0 aliphatic carbocycles. The first-order chi connectivity index (χ1) is 12.8. The molecule has 1 N–H and O–H groups in total. The Kier molecular flexibility index (Phi) is 14.7. The lowest BCUT2D eigenvalue weighted by Gasteiger charge is -2.05. The normalized spacial score (nSPS) is 11.3. The van der Waals surface area contributed by atoms with Gasteiger partial charge in [0, 0.05) is 13.3 Å². The van der Waals surface area contributed by atoms with E-state index in [1.54, 1.807) is 0 Å². The SMILES string of the molecule is CCCCCCCCCCc1c[nH]c(C)[n+]1CCCCCCCCCC. The van der Waals surface area contributed by atoms with E-state index < -0.39 is 0 Å². The van der Waals surface area contributed by atoms with Crippen LogP contribution in [0.25, 0.3) is 0 Å². The van der Waals surface area contributed by atoms with Crippen LogP contribution in [-0.2, 0) is 13.0 Å². The summed E-state index contributed by atoms with van der Waals surface area (Å²) >= 11 is 0. The van der Waals surface area contributed by atoms with Gasteiger partial charge in [0.15, 0.2) is 0 Å². The van der Waals surface area contributed by atoms with Crippen LogP contribution in [-0.4, -0.2) is 4.98 Å². The van der Waals surface area contributed by atoms with Gasteiger partial charge in [0.2, 0.25) is 0 Å². The maximum Gasteiger partial charge on any atom is 0.251 e. The van der Waals surface area contributed by atoms with E-state index in [2.05, 4.69) is 36.5 Å². The van der Waals surface area contributed by atoms with E-state index in [0.717, 1.165) is 0 Å². The summed E-state index contributed by atoms with van der Waals surface area (Å²) in [5, 5.41) is 0. The van der Waals surface area contributed by atoms with E-state index in [0.29, 0.717) is 0 Å². The summed E-state index contributed by atoms with van der Waals surface area (Å²) in [6, 6.07) is 0. The zero-order chi connectivity index (χ0) is 18.9. The van der Waals surface area contributed by atoms with Crippen LogP contribution in [0.4, 0.5) is 0 Å². The first-order valence-corrected chi connectivity index (χ1v) is 11.9. The second-order valence-corrected chi connectivity index (χ2v) is 8.22. The van der Waals surface area contributed by atoms with Crippen LogP contribution in [0.5, 0.6) is 0 Å². The maximum absolute atomic E-state index is 3.45. The lowest BCUT2D eigenvalue weighted by atomic mass is 10.1. The fourth-order valence-electron chi connectivity index (χ4n) is 3.92. The standard InChI is InChI=1S/C24H46N2/c1-4-6-8-10-12-14-16-18-20-24-22-25-23(3)26(24)21-19-17-15-13-11-9-7-5-2/h22H,4-21H2,1-3H3/p+1. The number of rotatable bonds is 18. The molecule has 1 aromatic heterocycles. The number of imidazole rings is 1. The van der Waals surface area contributed by atoms with E-state index in [-0.39, 0.29) is 0 Å². The third-order valence-corrected chi connectivity index (χ3v) is 5.72. The zero-order valence-corrected chi connectivity index (χ0v) is 18.3. The van der Waals surface area contributed by atoms with Crippen LogP contribution in [0, 0.1) is 6.92 Å². The number of aromatic amines is 1. The van der Waals surface area contributed by atoms with E-state index >= 15 is 0 Å². The highest BCUT2D eigenvalue weighted by Crippen LogP contribution is 2.11. The van der Waals surface area contributed by atoms with Crippen molar-refractivity contribution in [3.8, 4) is 0 Å². The molecule has 0 spiro atoms. The number of hydrogen-bond acceptors (Lipinski definition) is 0. The fraction of sp³-hybridized carbons (Fsp3) is 0.875. The Hall–Kier alpha value is -0.790. The Morgan fingerprint density at radius 2 is 1.12 bits per heavy atom. The number of H-pyrrole nitrogens is 1. The van der Waals surface area contributed by atoms with E-state index in [1.807, 2.05) is 0 Å². The molecule has 0 aliphatic heterocycles. The molecular weight excluding hydrogens is 316 g/mol. The van der Waals surface area contributed by atoms with Crippen LogP contribution >= 0.6 is 0 Å². The van der Waals surface area contributed by atoms with Crippen LogP contribution in [0.1, 0.15) is 128 Å². The minimum Gasteiger partial charge on any atom is -0.248 e. The molecule has 2 nitrogen and oxygen atoms in total. The van der Waals surface area contributed by atoms with Crippen LogP contribution < -0.4 is 4.57 Å².